The van der Waals surface area contributed by atoms with Crippen LogP contribution in [0.15, 0.2) is 40.9 Å². The maximum atomic E-state index is 12.3. The van der Waals surface area contributed by atoms with E-state index in [1.165, 1.54) is 11.8 Å². The molecule has 3 rings (SSSR count). The Labute approximate surface area is 163 Å². The first kappa shape index (κ1) is 18.5. The zero-order valence-corrected chi connectivity index (χ0v) is 16.2. The molecule has 9 heteroatoms. The molecule has 132 valence electrons. The Morgan fingerprint density at radius 1 is 1.42 bits per heavy atom. The molecule has 0 fully saturated rings. The number of thiophene rings is 1. The fourth-order valence-corrected chi connectivity index (χ4v) is 3.99. The smallest absolute Gasteiger partial charge is 0.234 e. The molecule has 1 aromatic carbocycles. The van der Waals surface area contributed by atoms with E-state index in [0.717, 1.165) is 10.7 Å². The minimum absolute atomic E-state index is 0.153. The number of aromatic nitrogens is 3. The van der Waals surface area contributed by atoms with Gasteiger partial charge in [0.1, 0.15) is 6.07 Å². The maximum Gasteiger partial charge on any atom is 0.234 e. The van der Waals surface area contributed by atoms with Gasteiger partial charge in [-0.1, -0.05) is 29.4 Å². The molecule has 6 nitrogen and oxygen atoms in total. The number of anilines is 1. The van der Waals surface area contributed by atoms with Gasteiger partial charge in [0.2, 0.25) is 5.91 Å². The van der Waals surface area contributed by atoms with Crippen molar-refractivity contribution < 1.29 is 4.79 Å². The van der Waals surface area contributed by atoms with Crippen LogP contribution < -0.4 is 5.32 Å². The third-order valence-corrected chi connectivity index (χ3v) is 5.55. The fraction of sp³-hybridized carbons (Fsp3) is 0.176. The standard InChI is InChI=1S/C17H14ClN5OS2/c1-2-23-16(14-4-3-7-25-14)21-22-17(23)26-10-15(24)20-13-8-12(18)6-5-11(13)9-19/h3-8H,2,10H2,1H3,(H,20,24). The third kappa shape index (κ3) is 4.07. The number of benzene rings is 1. The summed E-state index contributed by atoms with van der Waals surface area (Å²) in [7, 11) is 0. The SMILES string of the molecule is CCn1c(SCC(=O)Nc2cc(Cl)ccc2C#N)nnc1-c1cccs1. The summed E-state index contributed by atoms with van der Waals surface area (Å²) in [6.45, 7) is 2.72. The highest BCUT2D eigenvalue weighted by Gasteiger charge is 2.15. The molecular weight excluding hydrogens is 390 g/mol. The molecule has 1 N–H and O–H groups in total. The summed E-state index contributed by atoms with van der Waals surface area (Å²) >= 11 is 8.83. The molecule has 0 radical (unpaired) electrons. The van der Waals surface area contributed by atoms with E-state index in [4.69, 9.17) is 16.9 Å². The molecule has 2 heterocycles. The van der Waals surface area contributed by atoms with Crippen molar-refractivity contribution in [3.63, 3.8) is 0 Å². The zero-order chi connectivity index (χ0) is 18.5. The summed E-state index contributed by atoms with van der Waals surface area (Å²) in [5.74, 6) is 0.712. The van der Waals surface area contributed by atoms with Crippen molar-refractivity contribution in [3.8, 4) is 16.8 Å². The quantitative estimate of drug-likeness (QED) is 0.621. The van der Waals surface area contributed by atoms with Gasteiger partial charge in [-0.15, -0.1) is 21.5 Å². The summed E-state index contributed by atoms with van der Waals surface area (Å²) < 4.78 is 1.98. The molecule has 3 aromatic rings. The number of rotatable bonds is 6. The van der Waals surface area contributed by atoms with Crippen LogP contribution in [-0.4, -0.2) is 26.4 Å². The molecule has 2 aromatic heterocycles. The lowest BCUT2D eigenvalue weighted by atomic mass is 10.2. The second kappa shape index (κ2) is 8.36. The van der Waals surface area contributed by atoms with Crippen LogP contribution in [0.5, 0.6) is 0 Å². The van der Waals surface area contributed by atoms with Crippen molar-refractivity contribution >= 4 is 46.3 Å². The molecule has 0 atom stereocenters. The van der Waals surface area contributed by atoms with Crippen LogP contribution in [0.3, 0.4) is 0 Å². The van der Waals surface area contributed by atoms with Gasteiger partial charge in [-0.05, 0) is 36.6 Å². The fourth-order valence-electron chi connectivity index (χ4n) is 2.30. The van der Waals surface area contributed by atoms with Crippen molar-refractivity contribution in [2.24, 2.45) is 0 Å². The van der Waals surface area contributed by atoms with Crippen molar-refractivity contribution in [1.82, 2.24) is 14.8 Å². The molecule has 0 saturated carbocycles. The Hall–Kier alpha value is -2.34. The number of hydrogen-bond acceptors (Lipinski definition) is 6. The highest BCUT2D eigenvalue weighted by molar-refractivity contribution is 7.99. The Morgan fingerprint density at radius 3 is 2.96 bits per heavy atom. The van der Waals surface area contributed by atoms with Gasteiger partial charge in [-0.25, -0.2) is 0 Å². The average molecular weight is 404 g/mol. The number of halogens is 1. The zero-order valence-electron chi connectivity index (χ0n) is 13.8. The minimum Gasteiger partial charge on any atom is -0.324 e. The lowest BCUT2D eigenvalue weighted by Crippen LogP contribution is -2.15. The summed E-state index contributed by atoms with van der Waals surface area (Å²) in [6.07, 6.45) is 0. The van der Waals surface area contributed by atoms with Crippen molar-refractivity contribution in [2.45, 2.75) is 18.6 Å². The lowest BCUT2D eigenvalue weighted by molar-refractivity contribution is -0.113. The van der Waals surface area contributed by atoms with Crippen LogP contribution in [0.1, 0.15) is 12.5 Å². The highest BCUT2D eigenvalue weighted by Crippen LogP contribution is 2.27. The van der Waals surface area contributed by atoms with E-state index in [-0.39, 0.29) is 11.7 Å². The Kier molecular flexibility index (Phi) is 5.93. The largest absolute Gasteiger partial charge is 0.324 e. The molecule has 0 bridgehead atoms. The van der Waals surface area contributed by atoms with E-state index >= 15 is 0 Å². The topological polar surface area (TPSA) is 83.6 Å². The molecule has 0 saturated heterocycles. The van der Waals surface area contributed by atoms with Gasteiger partial charge in [-0.3, -0.25) is 4.79 Å². The van der Waals surface area contributed by atoms with Crippen LogP contribution in [0.4, 0.5) is 5.69 Å². The van der Waals surface area contributed by atoms with Gasteiger partial charge in [0, 0.05) is 11.6 Å². The average Bonchev–Trinajstić information content (AvgIpc) is 3.29. The summed E-state index contributed by atoms with van der Waals surface area (Å²) in [6, 6.07) is 10.7. The minimum atomic E-state index is -0.239. The van der Waals surface area contributed by atoms with Gasteiger partial charge >= 0.3 is 0 Å². The van der Waals surface area contributed by atoms with E-state index in [0.29, 0.717) is 28.0 Å². The molecule has 26 heavy (non-hydrogen) atoms. The number of nitrogens with zero attached hydrogens (tertiary/aromatic N) is 4. The second-order valence-corrected chi connectivity index (χ2v) is 7.49. The number of thioether (sulfide) groups is 1. The van der Waals surface area contributed by atoms with Crippen LogP contribution in [0, 0.1) is 11.3 Å². The summed E-state index contributed by atoms with van der Waals surface area (Å²) in [4.78, 5) is 13.3. The van der Waals surface area contributed by atoms with E-state index in [1.807, 2.05) is 35.1 Å². The number of carbonyl (C=O) groups is 1. The molecule has 0 spiro atoms. The Morgan fingerprint density at radius 2 is 2.27 bits per heavy atom. The van der Waals surface area contributed by atoms with Gasteiger partial charge in [0.05, 0.1) is 21.9 Å². The van der Waals surface area contributed by atoms with Gasteiger partial charge in [0.15, 0.2) is 11.0 Å². The monoisotopic (exact) mass is 403 g/mol. The van der Waals surface area contributed by atoms with Crippen molar-refractivity contribution in [1.29, 1.82) is 5.26 Å². The van der Waals surface area contributed by atoms with Crippen LogP contribution in [0.2, 0.25) is 5.02 Å². The molecule has 0 unspecified atom stereocenters. The number of nitrogens with one attached hydrogen (secondary N) is 1. The Balaban J connectivity index is 1.69. The molecule has 0 aliphatic heterocycles. The first-order valence-corrected chi connectivity index (χ1v) is 9.96. The summed E-state index contributed by atoms with van der Waals surface area (Å²) in [5, 5.41) is 23.4. The molecule has 0 aliphatic rings. The second-order valence-electron chi connectivity index (χ2n) is 5.17. The van der Waals surface area contributed by atoms with E-state index in [1.54, 1.807) is 29.5 Å². The lowest BCUT2D eigenvalue weighted by Gasteiger charge is -2.08. The van der Waals surface area contributed by atoms with Gasteiger partial charge < -0.3 is 9.88 Å². The first-order chi connectivity index (χ1) is 12.6. The normalized spacial score (nSPS) is 10.5. The van der Waals surface area contributed by atoms with Crippen molar-refractivity contribution in [3.05, 3.63) is 46.3 Å². The number of amides is 1. The van der Waals surface area contributed by atoms with E-state index < -0.39 is 0 Å². The predicted molar refractivity (Wildman–Crippen MR) is 105 cm³/mol. The van der Waals surface area contributed by atoms with Crippen LogP contribution in [-0.2, 0) is 11.3 Å². The highest BCUT2D eigenvalue weighted by atomic mass is 35.5. The number of carbonyl (C=O) groups excluding carboxylic acids is 1. The molecular formula is C17H14ClN5OS2. The number of nitriles is 1. The van der Waals surface area contributed by atoms with Crippen LogP contribution in [0.25, 0.3) is 10.7 Å². The van der Waals surface area contributed by atoms with Gasteiger partial charge in [-0.2, -0.15) is 5.26 Å². The molecule has 0 aliphatic carbocycles. The van der Waals surface area contributed by atoms with E-state index in [9.17, 15) is 4.79 Å². The predicted octanol–water partition coefficient (Wildman–Crippen LogP) is 4.28. The van der Waals surface area contributed by atoms with Gasteiger partial charge in [0.25, 0.3) is 0 Å². The van der Waals surface area contributed by atoms with E-state index in [2.05, 4.69) is 15.5 Å². The van der Waals surface area contributed by atoms with Crippen LogP contribution >= 0.6 is 34.7 Å². The third-order valence-electron chi connectivity index (χ3n) is 3.48. The Bertz CT molecular complexity index is 962. The van der Waals surface area contributed by atoms with Crippen molar-refractivity contribution in [2.75, 3.05) is 11.1 Å². The first-order valence-electron chi connectivity index (χ1n) is 7.71. The maximum absolute atomic E-state index is 12.3. The summed E-state index contributed by atoms with van der Waals surface area (Å²) in [5.41, 5.74) is 0.770. The molecule has 1 amide bonds. The number of hydrogen-bond donors (Lipinski definition) is 1.